The van der Waals surface area contributed by atoms with Crippen molar-refractivity contribution in [1.29, 1.82) is 0 Å². The summed E-state index contributed by atoms with van der Waals surface area (Å²) in [5.41, 5.74) is 8.66. The van der Waals surface area contributed by atoms with E-state index in [4.69, 9.17) is 5.73 Å². The average molecular weight is 289 g/mol. The zero-order chi connectivity index (χ0) is 15.7. The molecule has 0 bridgehead atoms. The van der Waals surface area contributed by atoms with Gasteiger partial charge < -0.3 is 10.8 Å². The van der Waals surface area contributed by atoms with Crippen LogP contribution in [0.4, 0.5) is 0 Å². The van der Waals surface area contributed by atoms with E-state index in [9.17, 15) is 5.11 Å². The molecule has 1 aliphatic carbocycles. The van der Waals surface area contributed by atoms with Gasteiger partial charge in [0.1, 0.15) is 0 Å². The van der Waals surface area contributed by atoms with Crippen LogP contribution in [0.2, 0.25) is 0 Å². The first kappa shape index (κ1) is 16.5. The summed E-state index contributed by atoms with van der Waals surface area (Å²) in [7, 11) is 0. The summed E-state index contributed by atoms with van der Waals surface area (Å²) in [6.45, 7) is 9.58. The van der Waals surface area contributed by atoms with Crippen LogP contribution in [0.5, 0.6) is 0 Å². The number of aliphatic hydroxyl groups excluding tert-OH is 1. The van der Waals surface area contributed by atoms with Crippen molar-refractivity contribution in [1.82, 2.24) is 0 Å². The average Bonchev–Trinajstić information content (AvgIpc) is 2.47. The van der Waals surface area contributed by atoms with Crippen LogP contribution in [0.1, 0.15) is 76.5 Å². The number of hydrogen-bond acceptors (Lipinski definition) is 2. The molecule has 21 heavy (non-hydrogen) atoms. The summed E-state index contributed by atoms with van der Waals surface area (Å²) in [5, 5.41) is 10.9. The molecule has 2 nitrogen and oxygen atoms in total. The number of hydrogen-bond donors (Lipinski definition) is 2. The highest BCUT2D eigenvalue weighted by Crippen LogP contribution is 2.50. The number of aliphatic hydroxyl groups is 1. The van der Waals surface area contributed by atoms with Gasteiger partial charge in [-0.3, -0.25) is 0 Å². The van der Waals surface area contributed by atoms with Gasteiger partial charge in [0, 0.05) is 12.0 Å². The molecule has 0 aliphatic heterocycles. The molecule has 1 atom stereocenters. The molecule has 0 aromatic heterocycles. The van der Waals surface area contributed by atoms with Gasteiger partial charge in [-0.1, -0.05) is 52.0 Å². The summed E-state index contributed by atoms with van der Waals surface area (Å²) in [5.74, 6) is 0.523. The van der Waals surface area contributed by atoms with Gasteiger partial charge in [-0.2, -0.15) is 0 Å². The quantitative estimate of drug-likeness (QED) is 0.863. The van der Waals surface area contributed by atoms with Crippen LogP contribution < -0.4 is 5.73 Å². The number of rotatable bonds is 4. The van der Waals surface area contributed by atoms with E-state index >= 15 is 0 Å². The molecular weight excluding hydrogens is 258 g/mol. The lowest BCUT2D eigenvalue weighted by Gasteiger charge is -2.45. The van der Waals surface area contributed by atoms with Crippen molar-refractivity contribution in [3.63, 3.8) is 0 Å². The third-order valence-corrected chi connectivity index (χ3v) is 5.50. The fourth-order valence-electron chi connectivity index (χ4n) is 3.43. The third kappa shape index (κ3) is 3.49. The topological polar surface area (TPSA) is 46.2 Å². The van der Waals surface area contributed by atoms with Crippen molar-refractivity contribution in [3.8, 4) is 0 Å². The van der Waals surface area contributed by atoms with Gasteiger partial charge in [-0.25, -0.2) is 0 Å². The van der Waals surface area contributed by atoms with Gasteiger partial charge in [-0.05, 0) is 48.1 Å². The predicted octanol–water partition coefficient (Wildman–Crippen LogP) is 4.39. The van der Waals surface area contributed by atoms with E-state index in [2.05, 4.69) is 52.0 Å². The van der Waals surface area contributed by atoms with Crippen molar-refractivity contribution in [2.24, 2.45) is 16.6 Å². The Hall–Kier alpha value is -0.860. The maximum Gasteiger partial charge on any atom is 0.0858 e. The van der Waals surface area contributed by atoms with Crippen LogP contribution in [0.15, 0.2) is 24.3 Å². The maximum atomic E-state index is 10.9. The predicted molar refractivity (Wildman–Crippen MR) is 89.2 cm³/mol. The van der Waals surface area contributed by atoms with Crippen molar-refractivity contribution < 1.29 is 5.11 Å². The summed E-state index contributed by atoms with van der Waals surface area (Å²) < 4.78 is 0. The Bertz CT molecular complexity index is 451. The van der Waals surface area contributed by atoms with E-state index in [1.165, 1.54) is 5.56 Å². The van der Waals surface area contributed by atoms with E-state index in [0.717, 1.165) is 31.2 Å². The first-order chi connectivity index (χ1) is 9.80. The zero-order valence-corrected chi connectivity index (χ0v) is 14.0. The minimum atomic E-state index is -0.445. The van der Waals surface area contributed by atoms with E-state index in [0.29, 0.717) is 17.9 Å². The van der Waals surface area contributed by atoms with Gasteiger partial charge in [-0.15, -0.1) is 0 Å². The molecule has 0 heterocycles. The van der Waals surface area contributed by atoms with E-state index < -0.39 is 6.10 Å². The van der Waals surface area contributed by atoms with E-state index in [-0.39, 0.29) is 5.41 Å². The lowest BCUT2D eigenvalue weighted by atomic mass is 9.62. The number of benzene rings is 1. The molecule has 3 N–H and O–H groups in total. The van der Waals surface area contributed by atoms with Crippen LogP contribution in [-0.4, -0.2) is 11.7 Å². The fourth-order valence-corrected chi connectivity index (χ4v) is 3.43. The molecule has 1 aliphatic rings. The second-order valence-electron chi connectivity index (χ2n) is 7.95. The highest BCUT2D eigenvalue weighted by Gasteiger charge is 2.42. The molecule has 0 radical (unpaired) electrons. The zero-order valence-electron chi connectivity index (χ0n) is 14.0. The second-order valence-corrected chi connectivity index (χ2v) is 7.95. The smallest absolute Gasteiger partial charge is 0.0858 e. The monoisotopic (exact) mass is 289 g/mol. The lowest BCUT2D eigenvalue weighted by molar-refractivity contribution is -0.0235. The molecule has 1 aromatic carbocycles. The molecule has 118 valence electrons. The van der Waals surface area contributed by atoms with E-state index in [1.807, 2.05) is 0 Å². The minimum absolute atomic E-state index is 0.144. The molecule has 0 amide bonds. The van der Waals surface area contributed by atoms with Gasteiger partial charge in [0.05, 0.1) is 6.10 Å². The molecule has 2 rings (SSSR count). The van der Waals surface area contributed by atoms with Crippen LogP contribution in [0.3, 0.4) is 0 Å². The van der Waals surface area contributed by atoms with Crippen LogP contribution in [0, 0.1) is 10.8 Å². The molecular formula is C19H31NO. The Labute approximate surface area is 129 Å². The van der Waals surface area contributed by atoms with Crippen LogP contribution in [0.25, 0.3) is 0 Å². The summed E-state index contributed by atoms with van der Waals surface area (Å²) in [6, 6.07) is 8.44. The lowest BCUT2D eigenvalue weighted by Crippen LogP contribution is -2.41. The molecule has 2 heteroatoms. The van der Waals surface area contributed by atoms with Crippen molar-refractivity contribution in [3.05, 3.63) is 35.4 Å². The Morgan fingerprint density at radius 3 is 1.90 bits per heavy atom. The first-order valence-electron chi connectivity index (χ1n) is 8.28. The SMILES string of the molecule is CC(C)c1ccc(C(O)C2(CN)CCC(C)(C)CC2)cc1. The third-order valence-electron chi connectivity index (χ3n) is 5.50. The first-order valence-corrected chi connectivity index (χ1v) is 8.28. The molecule has 1 unspecified atom stereocenters. The van der Waals surface area contributed by atoms with Gasteiger partial charge >= 0.3 is 0 Å². The highest BCUT2D eigenvalue weighted by atomic mass is 16.3. The summed E-state index contributed by atoms with van der Waals surface area (Å²) in [6.07, 6.45) is 3.88. The molecule has 0 spiro atoms. The summed E-state index contributed by atoms with van der Waals surface area (Å²) >= 11 is 0. The molecule has 0 saturated heterocycles. The Morgan fingerprint density at radius 1 is 1.00 bits per heavy atom. The second kappa shape index (κ2) is 6.10. The highest BCUT2D eigenvalue weighted by molar-refractivity contribution is 5.27. The standard InChI is InChI=1S/C19H31NO/c1-14(2)15-5-7-16(8-6-15)17(21)19(13-20)11-9-18(3,4)10-12-19/h5-8,14,17,21H,9-13,20H2,1-4H3. The Kier molecular flexibility index (Phi) is 4.79. The van der Waals surface area contributed by atoms with E-state index in [1.54, 1.807) is 0 Å². The van der Waals surface area contributed by atoms with Crippen molar-refractivity contribution in [2.75, 3.05) is 6.54 Å². The van der Waals surface area contributed by atoms with Crippen LogP contribution in [-0.2, 0) is 0 Å². The van der Waals surface area contributed by atoms with Gasteiger partial charge in [0.15, 0.2) is 0 Å². The molecule has 1 saturated carbocycles. The summed E-state index contributed by atoms with van der Waals surface area (Å²) in [4.78, 5) is 0. The van der Waals surface area contributed by atoms with Crippen LogP contribution >= 0.6 is 0 Å². The maximum absolute atomic E-state index is 10.9. The van der Waals surface area contributed by atoms with Crippen molar-refractivity contribution >= 4 is 0 Å². The molecule has 1 aromatic rings. The van der Waals surface area contributed by atoms with Crippen molar-refractivity contribution in [2.45, 2.75) is 65.4 Å². The van der Waals surface area contributed by atoms with Gasteiger partial charge in [0.25, 0.3) is 0 Å². The molecule has 1 fully saturated rings. The Morgan fingerprint density at radius 2 is 1.48 bits per heavy atom. The largest absolute Gasteiger partial charge is 0.388 e. The Balaban J connectivity index is 2.18. The normalized spacial score (nSPS) is 22.2. The fraction of sp³-hybridized carbons (Fsp3) is 0.684. The minimum Gasteiger partial charge on any atom is -0.388 e. The van der Waals surface area contributed by atoms with Gasteiger partial charge in [0.2, 0.25) is 0 Å². The number of nitrogens with two attached hydrogens (primary N) is 1.